The molecule has 0 aliphatic carbocycles. The summed E-state index contributed by atoms with van der Waals surface area (Å²) in [6.07, 6.45) is 1.28. The standard InChI is InChI=1S/C28H22O9/c1-33-20-9-8-16(10-21(20)34-2)18-13-36-27-24-17(14-4-6-15(7-5-14)28(32)35-3)11-23(30)37-22(24)12-19(29)25(27)26(18)31/h4-10,12-13,17,29H,11H2,1-3H3/t17-/m0/s1. The molecule has 1 aliphatic rings. The van der Waals surface area contributed by atoms with Gasteiger partial charge in [-0.25, -0.2) is 4.79 Å². The first kappa shape index (κ1) is 23.9. The van der Waals surface area contributed by atoms with Gasteiger partial charge < -0.3 is 28.5 Å². The molecule has 9 nitrogen and oxygen atoms in total. The zero-order chi connectivity index (χ0) is 26.3. The molecule has 2 heterocycles. The molecule has 0 amide bonds. The molecule has 37 heavy (non-hydrogen) atoms. The number of aromatic hydroxyl groups is 1. The number of benzene rings is 3. The van der Waals surface area contributed by atoms with Crippen LogP contribution < -0.4 is 19.6 Å². The fraction of sp³-hybridized carbons (Fsp3) is 0.179. The Morgan fingerprint density at radius 1 is 0.973 bits per heavy atom. The second-order valence-electron chi connectivity index (χ2n) is 8.40. The highest BCUT2D eigenvalue weighted by Crippen LogP contribution is 2.45. The van der Waals surface area contributed by atoms with Gasteiger partial charge in [0, 0.05) is 17.5 Å². The predicted molar refractivity (Wildman–Crippen MR) is 133 cm³/mol. The van der Waals surface area contributed by atoms with Gasteiger partial charge >= 0.3 is 11.9 Å². The second-order valence-corrected chi connectivity index (χ2v) is 8.40. The van der Waals surface area contributed by atoms with Gasteiger partial charge in [0.25, 0.3) is 0 Å². The number of phenolic OH excluding ortho intramolecular Hbond substituents is 1. The van der Waals surface area contributed by atoms with Gasteiger partial charge in [0.05, 0.1) is 38.9 Å². The molecule has 5 rings (SSSR count). The first-order valence-corrected chi connectivity index (χ1v) is 11.3. The molecule has 0 bridgehead atoms. The van der Waals surface area contributed by atoms with Gasteiger partial charge in [-0.05, 0) is 35.4 Å². The molecule has 0 radical (unpaired) electrons. The number of rotatable bonds is 5. The van der Waals surface area contributed by atoms with Crippen molar-refractivity contribution < 1.29 is 38.1 Å². The van der Waals surface area contributed by atoms with E-state index < -0.39 is 23.3 Å². The average molecular weight is 502 g/mol. The lowest BCUT2D eigenvalue weighted by atomic mass is 9.84. The molecule has 9 heteroatoms. The summed E-state index contributed by atoms with van der Waals surface area (Å²) < 4.78 is 26.7. The van der Waals surface area contributed by atoms with Crippen molar-refractivity contribution in [2.24, 2.45) is 0 Å². The minimum atomic E-state index is -0.541. The van der Waals surface area contributed by atoms with E-state index in [1.165, 1.54) is 33.7 Å². The van der Waals surface area contributed by atoms with E-state index in [0.29, 0.717) is 33.8 Å². The van der Waals surface area contributed by atoms with E-state index in [0.717, 1.165) is 0 Å². The molecule has 1 atom stereocenters. The molecule has 3 aromatic carbocycles. The molecule has 0 saturated carbocycles. The molecule has 0 fully saturated rings. The molecule has 0 saturated heterocycles. The summed E-state index contributed by atoms with van der Waals surface area (Å²) in [4.78, 5) is 37.8. The Labute approximate surface area is 210 Å². The number of hydrogen-bond donors (Lipinski definition) is 1. The summed E-state index contributed by atoms with van der Waals surface area (Å²) in [5.74, 6) is -0.879. The quantitative estimate of drug-likeness (QED) is 0.312. The molecule has 4 aromatic rings. The molecular weight excluding hydrogens is 480 g/mol. The van der Waals surface area contributed by atoms with Gasteiger partial charge in [0.2, 0.25) is 5.43 Å². The fourth-order valence-electron chi connectivity index (χ4n) is 4.59. The Morgan fingerprint density at radius 2 is 1.70 bits per heavy atom. The van der Waals surface area contributed by atoms with Crippen LogP contribution in [-0.2, 0) is 9.53 Å². The molecule has 1 aromatic heterocycles. The van der Waals surface area contributed by atoms with E-state index in [1.807, 2.05) is 0 Å². The van der Waals surface area contributed by atoms with Crippen LogP contribution in [0.1, 0.15) is 33.8 Å². The largest absolute Gasteiger partial charge is 0.507 e. The van der Waals surface area contributed by atoms with Gasteiger partial charge in [-0.15, -0.1) is 0 Å². The van der Waals surface area contributed by atoms with Crippen molar-refractivity contribution in [1.82, 2.24) is 0 Å². The highest BCUT2D eigenvalue weighted by Gasteiger charge is 2.33. The number of carbonyl (C=O) groups excluding carboxylic acids is 2. The van der Waals surface area contributed by atoms with Gasteiger partial charge in [0.1, 0.15) is 28.7 Å². The van der Waals surface area contributed by atoms with Crippen molar-refractivity contribution >= 4 is 22.9 Å². The zero-order valence-corrected chi connectivity index (χ0v) is 20.2. The summed E-state index contributed by atoms with van der Waals surface area (Å²) in [7, 11) is 4.29. The van der Waals surface area contributed by atoms with Gasteiger partial charge in [0.15, 0.2) is 11.5 Å². The highest BCUT2D eigenvalue weighted by molar-refractivity contribution is 5.94. The number of esters is 2. The van der Waals surface area contributed by atoms with Crippen LogP contribution in [0.25, 0.3) is 22.1 Å². The first-order chi connectivity index (χ1) is 17.9. The minimum Gasteiger partial charge on any atom is -0.507 e. The average Bonchev–Trinajstić information content (AvgIpc) is 2.91. The van der Waals surface area contributed by atoms with Crippen LogP contribution in [0.4, 0.5) is 0 Å². The molecule has 0 unspecified atom stereocenters. The van der Waals surface area contributed by atoms with Gasteiger partial charge in [-0.2, -0.15) is 0 Å². The topological polar surface area (TPSA) is 122 Å². The maximum atomic E-state index is 13.6. The Balaban J connectivity index is 1.69. The number of phenols is 1. The Kier molecular flexibility index (Phi) is 6.04. The van der Waals surface area contributed by atoms with Crippen molar-refractivity contribution in [3.05, 3.63) is 81.7 Å². The summed E-state index contributed by atoms with van der Waals surface area (Å²) in [6, 6.07) is 12.8. The van der Waals surface area contributed by atoms with Crippen molar-refractivity contribution in [3.8, 4) is 34.1 Å². The second kappa shape index (κ2) is 9.34. The maximum Gasteiger partial charge on any atom is 0.337 e. The van der Waals surface area contributed by atoms with Crippen molar-refractivity contribution in [1.29, 1.82) is 0 Å². The minimum absolute atomic E-state index is 0.0222. The Bertz CT molecular complexity index is 1600. The van der Waals surface area contributed by atoms with E-state index in [9.17, 15) is 19.5 Å². The number of hydrogen-bond acceptors (Lipinski definition) is 9. The third-order valence-electron chi connectivity index (χ3n) is 6.40. The van der Waals surface area contributed by atoms with Crippen LogP contribution in [0.3, 0.4) is 0 Å². The van der Waals surface area contributed by atoms with E-state index in [2.05, 4.69) is 0 Å². The highest BCUT2D eigenvalue weighted by atomic mass is 16.5. The molecule has 0 spiro atoms. The van der Waals surface area contributed by atoms with E-state index in [1.54, 1.807) is 42.5 Å². The van der Waals surface area contributed by atoms with Crippen LogP contribution in [0.2, 0.25) is 0 Å². The normalized spacial score (nSPS) is 14.6. The predicted octanol–water partition coefficient (Wildman–Crippen LogP) is 4.41. The summed E-state index contributed by atoms with van der Waals surface area (Å²) >= 11 is 0. The lowest BCUT2D eigenvalue weighted by molar-refractivity contribution is -0.135. The fourth-order valence-corrected chi connectivity index (χ4v) is 4.59. The summed E-state index contributed by atoms with van der Waals surface area (Å²) in [6.45, 7) is 0. The Hall–Kier alpha value is -4.79. The SMILES string of the molecule is COC(=O)c1ccc([C@@H]2CC(=O)Oc3cc(O)c4c(=O)c(-c5ccc(OC)c(OC)c5)coc4c32)cc1. The van der Waals surface area contributed by atoms with E-state index in [4.69, 9.17) is 23.4 Å². The number of methoxy groups -OCH3 is 3. The molecule has 1 N–H and O–H groups in total. The van der Waals surface area contributed by atoms with Crippen LogP contribution in [0, 0.1) is 0 Å². The third kappa shape index (κ3) is 4.04. The van der Waals surface area contributed by atoms with Crippen molar-refractivity contribution in [2.75, 3.05) is 21.3 Å². The smallest absolute Gasteiger partial charge is 0.337 e. The first-order valence-electron chi connectivity index (χ1n) is 11.3. The van der Waals surface area contributed by atoms with Gasteiger partial charge in [-0.1, -0.05) is 18.2 Å². The molecule has 1 aliphatic heterocycles. The van der Waals surface area contributed by atoms with Crippen molar-refractivity contribution in [3.63, 3.8) is 0 Å². The summed E-state index contributed by atoms with van der Waals surface area (Å²) in [5, 5.41) is 10.7. The number of fused-ring (bicyclic) bond motifs is 3. The molecule has 188 valence electrons. The number of ether oxygens (including phenoxy) is 4. The van der Waals surface area contributed by atoms with Crippen LogP contribution >= 0.6 is 0 Å². The third-order valence-corrected chi connectivity index (χ3v) is 6.40. The van der Waals surface area contributed by atoms with E-state index >= 15 is 0 Å². The van der Waals surface area contributed by atoms with Crippen molar-refractivity contribution in [2.45, 2.75) is 12.3 Å². The van der Waals surface area contributed by atoms with Crippen LogP contribution in [-0.4, -0.2) is 38.4 Å². The van der Waals surface area contributed by atoms with Crippen LogP contribution in [0.15, 0.2) is 64.0 Å². The summed E-state index contributed by atoms with van der Waals surface area (Å²) in [5.41, 5.74) is 1.86. The maximum absolute atomic E-state index is 13.6. The van der Waals surface area contributed by atoms with Gasteiger partial charge in [-0.3, -0.25) is 9.59 Å². The number of carbonyl (C=O) groups is 2. The lowest BCUT2D eigenvalue weighted by Crippen LogP contribution is -2.22. The zero-order valence-electron chi connectivity index (χ0n) is 20.2. The molecular formula is C28H22O9. The van der Waals surface area contributed by atoms with E-state index in [-0.39, 0.29) is 34.5 Å². The lowest BCUT2D eigenvalue weighted by Gasteiger charge is -2.26. The Morgan fingerprint density at radius 3 is 2.38 bits per heavy atom. The van der Waals surface area contributed by atoms with Crippen LogP contribution in [0.5, 0.6) is 23.0 Å². The monoisotopic (exact) mass is 502 g/mol.